The highest BCUT2D eigenvalue weighted by atomic mass is 31.2. The zero-order valence-corrected chi connectivity index (χ0v) is 22.7. The molecule has 1 saturated carbocycles. The van der Waals surface area contributed by atoms with Crippen LogP contribution in [0.1, 0.15) is 43.3 Å². The van der Waals surface area contributed by atoms with Crippen LogP contribution in [-0.4, -0.2) is 54.3 Å². The minimum absolute atomic E-state index is 0.0736. The van der Waals surface area contributed by atoms with Gasteiger partial charge in [0.2, 0.25) is 0 Å². The number of nitrogens with zero attached hydrogens (tertiary/aromatic N) is 6. The van der Waals surface area contributed by atoms with Crippen LogP contribution in [0, 0.1) is 0 Å². The Labute approximate surface area is 229 Å². The first-order valence-corrected chi connectivity index (χ1v) is 14.0. The lowest BCUT2D eigenvalue weighted by molar-refractivity contribution is -0.0226. The molecule has 15 heteroatoms. The van der Waals surface area contributed by atoms with Gasteiger partial charge in [-0.3, -0.25) is 28.5 Å². The molecule has 0 radical (unpaired) electrons. The number of phosphoric ester groups is 1. The molecule has 0 aromatic carbocycles. The predicted molar refractivity (Wildman–Crippen MR) is 143 cm³/mol. The Bertz CT molecular complexity index is 1530. The first kappa shape index (κ1) is 27.5. The quantitative estimate of drug-likeness (QED) is 0.141. The number of pyridine rings is 1. The van der Waals surface area contributed by atoms with Gasteiger partial charge in [-0.25, -0.2) is 9.25 Å². The Hall–Kier alpha value is -4.10. The molecule has 2 N–H and O–H groups in total. The van der Waals surface area contributed by atoms with Crippen LogP contribution in [-0.2, 0) is 25.2 Å². The van der Waals surface area contributed by atoms with Gasteiger partial charge in [0, 0.05) is 31.4 Å². The molecule has 4 heterocycles. The Morgan fingerprint density at radius 3 is 2.90 bits per heavy atom. The third-order valence-corrected chi connectivity index (χ3v) is 6.83. The first-order valence-electron chi connectivity index (χ1n) is 12.6. The van der Waals surface area contributed by atoms with Crippen LogP contribution >= 0.6 is 7.82 Å². The molecule has 0 saturated heterocycles. The predicted octanol–water partition coefficient (Wildman–Crippen LogP) is 4.49. The number of phosphoric acid groups is 1. The van der Waals surface area contributed by atoms with E-state index in [1.807, 2.05) is 29.8 Å². The van der Waals surface area contributed by atoms with Gasteiger partial charge in [0.1, 0.15) is 11.5 Å². The first-order chi connectivity index (χ1) is 19.3. The fourth-order valence-corrected chi connectivity index (χ4v) is 4.64. The van der Waals surface area contributed by atoms with Crippen molar-refractivity contribution in [3.8, 4) is 22.7 Å². The van der Waals surface area contributed by atoms with E-state index in [4.69, 9.17) is 18.8 Å². The van der Waals surface area contributed by atoms with Crippen molar-refractivity contribution in [2.24, 2.45) is 5.16 Å². The summed E-state index contributed by atoms with van der Waals surface area (Å²) >= 11 is 0. The smallest absolute Gasteiger partial charge is 0.451 e. The number of carbonyl (C=O) groups is 1. The second-order valence-corrected chi connectivity index (χ2v) is 10.2. The number of oxime groups is 1. The van der Waals surface area contributed by atoms with Crippen LogP contribution in [0.5, 0.6) is 0 Å². The fourth-order valence-electron chi connectivity index (χ4n) is 4.11. The Morgan fingerprint density at radius 1 is 1.30 bits per heavy atom. The average molecular weight is 570 g/mol. The number of furan rings is 1. The summed E-state index contributed by atoms with van der Waals surface area (Å²) in [5.74, 6) is -0.0219. The molecule has 1 aliphatic carbocycles. The van der Waals surface area contributed by atoms with E-state index >= 15 is 0 Å². The Balaban J connectivity index is 1.28. The monoisotopic (exact) mass is 569 g/mol. The summed E-state index contributed by atoms with van der Waals surface area (Å²) in [6.07, 6.45) is 9.59. The number of amides is 1. The van der Waals surface area contributed by atoms with E-state index in [9.17, 15) is 14.3 Å². The zero-order valence-electron chi connectivity index (χ0n) is 21.8. The number of hydrogen-bond acceptors (Lipinski definition) is 10. The van der Waals surface area contributed by atoms with Crippen LogP contribution in [0.4, 0.5) is 5.69 Å². The van der Waals surface area contributed by atoms with E-state index < -0.39 is 13.7 Å². The maximum atomic E-state index is 13.1. The van der Waals surface area contributed by atoms with Crippen molar-refractivity contribution < 1.29 is 32.6 Å². The molecule has 0 aliphatic heterocycles. The molecular weight excluding hydrogens is 541 g/mol. The van der Waals surface area contributed by atoms with Gasteiger partial charge >= 0.3 is 7.82 Å². The third kappa shape index (κ3) is 6.37. The lowest BCUT2D eigenvalue weighted by atomic mass is 9.89. The molecule has 4 aromatic heterocycles. The highest BCUT2D eigenvalue weighted by molar-refractivity contribution is 7.47. The Morgan fingerprint density at radius 2 is 2.15 bits per heavy atom. The zero-order chi connectivity index (χ0) is 28.1. The molecule has 1 unspecified atom stereocenters. The van der Waals surface area contributed by atoms with Gasteiger partial charge in [0.25, 0.3) is 5.91 Å². The van der Waals surface area contributed by atoms with Crippen LogP contribution in [0.2, 0.25) is 0 Å². The lowest BCUT2D eigenvalue weighted by Gasteiger charge is -2.34. The summed E-state index contributed by atoms with van der Waals surface area (Å²) in [5.41, 5.74) is 2.22. The third-order valence-electron chi connectivity index (χ3n) is 6.09. The topological polar surface area (TPSA) is 168 Å². The van der Waals surface area contributed by atoms with Crippen molar-refractivity contribution >= 4 is 25.6 Å². The molecule has 1 atom stereocenters. The highest BCUT2D eigenvalue weighted by Gasteiger charge is 2.33. The maximum Gasteiger partial charge on any atom is 0.549 e. The van der Waals surface area contributed by atoms with Crippen LogP contribution in [0.15, 0.2) is 64.7 Å². The van der Waals surface area contributed by atoms with E-state index in [-0.39, 0.29) is 24.6 Å². The minimum atomic E-state index is -4.37. The molecule has 0 bridgehead atoms. The average Bonchev–Trinajstić information content (AvgIpc) is 3.69. The van der Waals surface area contributed by atoms with Gasteiger partial charge in [-0.2, -0.15) is 10.2 Å². The molecule has 210 valence electrons. The Kier molecular flexibility index (Phi) is 8.21. The van der Waals surface area contributed by atoms with E-state index in [0.717, 1.165) is 12.8 Å². The van der Waals surface area contributed by atoms with Crippen molar-refractivity contribution in [1.82, 2.24) is 24.5 Å². The van der Waals surface area contributed by atoms with Gasteiger partial charge in [0.05, 0.1) is 35.3 Å². The molecule has 40 heavy (non-hydrogen) atoms. The second kappa shape index (κ2) is 12.0. The molecule has 14 nitrogen and oxygen atoms in total. The summed E-state index contributed by atoms with van der Waals surface area (Å²) < 4.78 is 35.5. The number of aromatic nitrogens is 5. The molecule has 5 rings (SSSR count). The van der Waals surface area contributed by atoms with Crippen molar-refractivity contribution in [2.75, 3.05) is 11.9 Å². The number of nitrogens with one attached hydrogen (secondary N) is 1. The number of ether oxygens (including phenoxy) is 1. The molecule has 1 fully saturated rings. The van der Waals surface area contributed by atoms with Crippen molar-refractivity contribution in [3.63, 3.8) is 0 Å². The van der Waals surface area contributed by atoms with Crippen LogP contribution in [0.25, 0.3) is 22.7 Å². The maximum absolute atomic E-state index is 13.1. The van der Waals surface area contributed by atoms with Gasteiger partial charge in [0.15, 0.2) is 12.5 Å². The summed E-state index contributed by atoms with van der Waals surface area (Å²) in [6.45, 7) is 3.81. The molecule has 1 amide bonds. The van der Waals surface area contributed by atoms with Gasteiger partial charge in [-0.1, -0.05) is 11.2 Å². The number of anilines is 1. The van der Waals surface area contributed by atoms with Crippen LogP contribution in [0.3, 0.4) is 0 Å². The SMILES string of the molecule is C/C=N/OP(=O)(O)OCn1cc(-c2ccc(C(=O)Nc3cn([C@H]4C[C@@H](OCC)C4)nc3-c3ccccn3)o2)cn1. The highest BCUT2D eigenvalue weighted by Crippen LogP contribution is 2.43. The summed E-state index contributed by atoms with van der Waals surface area (Å²) in [7, 11) is -4.37. The van der Waals surface area contributed by atoms with E-state index in [2.05, 4.69) is 25.2 Å². The summed E-state index contributed by atoms with van der Waals surface area (Å²) in [6, 6.07) is 8.84. The molecular formula is C25H28N7O7P. The molecule has 4 aromatic rings. The van der Waals surface area contributed by atoms with Gasteiger partial charge < -0.3 is 14.5 Å². The fraction of sp³-hybridized carbons (Fsp3) is 0.320. The number of hydrogen-bond donors (Lipinski definition) is 2. The summed E-state index contributed by atoms with van der Waals surface area (Å²) in [4.78, 5) is 27.1. The minimum Gasteiger partial charge on any atom is -0.451 e. The molecule has 1 aliphatic rings. The number of rotatable bonds is 12. The standard InChI is InChI=1S/C25H28N7O7P/c1-3-28-39-40(34,35)37-16-31-14-17(13-27-31)22-8-9-23(38-22)25(33)29-21-15-32(18-11-19(12-18)36-4-2)30-24(21)20-7-5-6-10-26-20/h3,5-10,13-15,18-19H,4,11-12,16H2,1-2H3,(H,29,33)(H,34,35)/b28-3+/t18-,19+. The van der Waals surface area contributed by atoms with E-state index in [1.54, 1.807) is 24.5 Å². The van der Waals surface area contributed by atoms with Crippen LogP contribution < -0.4 is 5.32 Å². The van der Waals surface area contributed by atoms with Gasteiger partial charge in [-0.15, -0.1) is 0 Å². The van der Waals surface area contributed by atoms with Crippen molar-refractivity contribution in [1.29, 1.82) is 0 Å². The van der Waals surface area contributed by atoms with Gasteiger partial charge in [-0.05, 0) is 51.0 Å². The van der Waals surface area contributed by atoms with Crippen molar-refractivity contribution in [2.45, 2.75) is 45.6 Å². The van der Waals surface area contributed by atoms with E-state index in [0.29, 0.717) is 35.0 Å². The van der Waals surface area contributed by atoms with E-state index in [1.165, 1.54) is 30.2 Å². The second-order valence-electron chi connectivity index (χ2n) is 8.85. The lowest BCUT2D eigenvalue weighted by Crippen LogP contribution is -2.33. The largest absolute Gasteiger partial charge is 0.549 e. The van der Waals surface area contributed by atoms with Crippen molar-refractivity contribution in [3.05, 3.63) is 60.9 Å². The molecule has 0 spiro atoms. The number of carbonyl (C=O) groups excluding carboxylic acids is 1. The normalized spacial score (nSPS) is 18.4. The summed E-state index contributed by atoms with van der Waals surface area (Å²) in [5, 5.41) is 14.9.